The molecule has 1 aromatic heterocycles. The fraction of sp³-hybridized carbons (Fsp3) is 0.286. The predicted octanol–water partition coefficient (Wildman–Crippen LogP) is 3.61. The third kappa shape index (κ3) is 2.71. The third-order valence-electron chi connectivity index (χ3n) is 2.71. The van der Waals surface area contributed by atoms with Crippen LogP contribution in [-0.2, 0) is 6.42 Å². The van der Waals surface area contributed by atoms with Gasteiger partial charge in [0.1, 0.15) is 0 Å². The Morgan fingerprint density at radius 2 is 1.88 bits per heavy atom. The van der Waals surface area contributed by atoms with E-state index in [9.17, 15) is 0 Å². The number of benzene rings is 1. The van der Waals surface area contributed by atoms with Gasteiger partial charge in [-0.25, -0.2) is 0 Å². The van der Waals surface area contributed by atoms with Gasteiger partial charge in [-0.2, -0.15) is 11.3 Å². The third-order valence-corrected chi connectivity index (χ3v) is 3.44. The van der Waals surface area contributed by atoms with Gasteiger partial charge in [0.05, 0.1) is 0 Å². The summed E-state index contributed by atoms with van der Waals surface area (Å²) in [6.45, 7) is 4.24. The molecule has 2 rings (SSSR count). The van der Waals surface area contributed by atoms with Crippen LogP contribution >= 0.6 is 11.3 Å². The van der Waals surface area contributed by atoms with Crippen molar-refractivity contribution < 1.29 is 0 Å². The van der Waals surface area contributed by atoms with Gasteiger partial charge >= 0.3 is 0 Å². The Balaban J connectivity index is 2.17. The normalized spacial score (nSPS) is 12.7. The van der Waals surface area contributed by atoms with Crippen LogP contribution in [-0.4, -0.2) is 0 Å². The van der Waals surface area contributed by atoms with Crippen LogP contribution in [0.2, 0.25) is 0 Å². The molecule has 0 radical (unpaired) electrons. The first-order valence-electron chi connectivity index (χ1n) is 5.50. The maximum atomic E-state index is 6.23. The summed E-state index contributed by atoms with van der Waals surface area (Å²) in [6, 6.07) is 8.80. The molecule has 1 aromatic carbocycles. The number of thiophene rings is 1. The molecule has 16 heavy (non-hydrogen) atoms. The molecular weight excluding hydrogens is 214 g/mol. The second kappa shape index (κ2) is 4.81. The molecule has 0 aliphatic heterocycles. The SMILES string of the molecule is Cc1cc(C)cc(C(N)Cc2ccsc2)c1. The van der Waals surface area contributed by atoms with Crippen molar-refractivity contribution in [2.24, 2.45) is 5.73 Å². The fourth-order valence-electron chi connectivity index (χ4n) is 2.00. The molecule has 2 aromatic rings. The molecule has 0 amide bonds. The van der Waals surface area contributed by atoms with Gasteiger partial charge in [0.2, 0.25) is 0 Å². The van der Waals surface area contributed by atoms with Gasteiger partial charge in [-0.15, -0.1) is 0 Å². The molecule has 2 heteroatoms. The van der Waals surface area contributed by atoms with Crippen molar-refractivity contribution in [3.05, 3.63) is 57.3 Å². The van der Waals surface area contributed by atoms with Gasteiger partial charge < -0.3 is 5.73 Å². The maximum absolute atomic E-state index is 6.23. The summed E-state index contributed by atoms with van der Waals surface area (Å²) in [6.07, 6.45) is 0.923. The van der Waals surface area contributed by atoms with Crippen LogP contribution in [0.1, 0.15) is 28.3 Å². The lowest BCUT2D eigenvalue weighted by Gasteiger charge is -2.13. The van der Waals surface area contributed by atoms with E-state index in [1.165, 1.54) is 22.3 Å². The van der Waals surface area contributed by atoms with Crippen LogP contribution in [0, 0.1) is 13.8 Å². The molecule has 0 saturated heterocycles. The average Bonchev–Trinajstić information content (AvgIpc) is 2.68. The molecule has 0 saturated carbocycles. The summed E-state index contributed by atoms with van der Waals surface area (Å²) in [5.74, 6) is 0. The van der Waals surface area contributed by atoms with E-state index < -0.39 is 0 Å². The molecule has 0 bridgehead atoms. The number of rotatable bonds is 3. The number of hydrogen-bond donors (Lipinski definition) is 1. The van der Waals surface area contributed by atoms with E-state index in [2.05, 4.69) is 48.9 Å². The standard InChI is InChI=1S/C14H17NS/c1-10-5-11(2)7-13(6-10)14(15)8-12-3-4-16-9-12/h3-7,9,14H,8,15H2,1-2H3. The molecule has 1 nitrogen and oxygen atoms in total. The highest BCUT2D eigenvalue weighted by molar-refractivity contribution is 7.07. The van der Waals surface area contributed by atoms with Crippen molar-refractivity contribution >= 4 is 11.3 Å². The van der Waals surface area contributed by atoms with E-state index in [-0.39, 0.29) is 6.04 Å². The van der Waals surface area contributed by atoms with E-state index >= 15 is 0 Å². The fourth-order valence-corrected chi connectivity index (χ4v) is 2.69. The lowest BCUT2D eigenvalue weighted by Crippen LogP contribution is -2.13. The zero-order valence-electron chi connectivity index (χ0n) is 9.73. The summed E-state index contributed by atoms with van der Waals surface area (Å²) in [4.78, 5) is 0. The maximum Gasteiger partial charge on any atom is 0.0336 e. The van der Waals surface area contributed by atoms with Crippen molar-refractivity contribution in [3.8, 4) is 0 Å². The van der Waals surface area contributed by atoms with Gasteiger partial charge in [-0.3, -0.25) is 0 Å². The minimum absolute atomic E-state index is 0.105. The minimum atomic E-state index is 0.105. The molecule has 0 fully saturated rings. The second-order valence-corrected chi connectivity index (χ2v) is 5.14. The van der Waals surface area contributed by atoms with Crippen LogP contribution in [0.4, 0.5) is 0 Å². The summed E-state index contributed by atoms with van der Waals surface area (Å²) < 4.78 is 0. The highest BCUT2D eigenvalue weighted by atomic mass is 32.1. The Bertz CT molecular complexity index is 439. The molecule has 0 spiro atoms. The second-order valence-electron chi connectivity index (χ2n) is 4.36. The molecule has 1 heterocycles. The van der Waals surface area contributed by atoms with Gasteiger partial charge in [-0.1, -0.05) is 29.3 Å². The van der Waals surface area contributed by atoms with Gasteiger partial charge in [0, 0.05) is 6.04 Å². The number of aryl methyl sites for hydroxylation is 2. The first kappa shape index (κ1) is 11.4. The topological polar surface area (TPSA) is 26.0 Å². The van der Waals surface area contributed by atoms with Crippen molar-refractivity contribution in [2.45, 2.75) is 26.3 Å². The molecule has 2 N–H and O–H groups in total. The van der Waals surface area contributed by atoms with Crippen molar-refractivity contribution in [3.63, 3.8) is 0 Å². The van der Waals surface area contributed by atoms with Crippen LogP contribution in [0.3, 0.4) is 0 Å². The van der Waals surface area contributed by atoms with E-state index in [1.54, 1.807) is 11.3 Å². The van der Waals surface area contributed by atoms with Crippen LogP contribution in [0.25, 0.3) is 0 Å². The molecule has 84 valence electrons. The number of nitrogens with two attached hydrogens (primary N) is 1. The lowest BCUT2D eigenvalue weighted by molar-refractivity contribution is 0.722. The van der Waals surface area contributed by atoms with Crippen LogP contribution in [0.5, 0.6) is 0 Å². The predicted molar refractivity (Wildman–Crippen MR) is 70.9 cm³/mol. The van der Waals surface area contributed by atoms with Crippen molar-refractivity contribution in [1.29, 1.82) is 0 Å². The molecule has 0 aliphatic rings. The van der Waals surface area contributed by atoms with E-state index in [1.807, 2.05) is 0 Å². The van der Waals surface area contributed by atoms with E-state index in [0.717, 1.165) is 6.42 Å². The Hall–Kier alpha value is -1.12. The van der Waals surface area contributed by atoms with Crippen molar-refractivity contribution in [1.82, 2.24) is 0 Å². The first-order chi connectivity index (χ1) is 7.65. The highest BCUT2D eigenvalue weighted by Crippen LogP contribution is 2.20. The van der Waals surface area contributed by atoms with Gasteiger partial charge in [-0.05, 0) is 48.2 Å². The van der Waals surface area contributed by atoms with Gasteiger partial charge in [0.15, 0.2) is 0 Å². The summed E-state index contributed by atoms with van der Waals surface area (Å²) in [5, 5.41) is 4.27. The molecule has 1 atom stereocenters. The summed E-state index contributed by atoms with van der Waals surface area (Å²) >= 11 is 1.73. The summed E-state index contributed by atoms with van der Waals surface area (Å²) in [5.41, 5.74) is 11.4. The van der Waals surface area contributed by atoms with Gasteiger partial charge in [0.25, 0.3) is 0 Å². The molecule has 0 aliphatic carbocycles. The quantitative estimate of drug-likeness (QED) is 0.858. The monoisotopic (exact) mass is 231 g/mol. The van der Waals surface area contributed by atoms with E-state index in [0.29, 0.717) is 0 Å². The lowest BCUT2D eigenvalue weighted by atomic mass is 9.98. The van der Waals surface area contributed by atoms with Crippen LogP contribution < -0.4 is 5.73 Å². The van der Waals surface area contributed by atoms with Crippen molar-refractivity contribution in [2.75, 3.05) is 0 Å². The minimum Gasteiger partial charge on any atom is -0.324 e. The largest absolute Gasteiger partial charge is 0.324 e. The zero-order valence-corrected chi connectivity index (χ0v) is 10.6. The number of hydrogen-bond acceptors (Lipinski definition) is 2. The molecule has 1 unspecified atom stereocenters. The average molecular weight is 231 g/mol. The summed E-state index contributed by atoms with van der Waals surface area (Å²) in [7, 11) is 0. The first-order valence-corrected chi connectivity index (χ1v) is 6.44. The smallest absolute Gasteiger partial charge is 0.0336 e. The van der Waals surface area contributed by atoms with E-state index in [4.69, 9.17) is 5.73 Å². The Kier molecular flexibility index (Phi) is 3.42. The Labute approximate surface area is 101 Å². The Morgan fingerprint density at radius 3 is 2.44 bits per heavy atom. The molecular formula is C14H17NS. The zero-order chi connectivity index (χ0) is 11.5. The Morgan fingerprint density at radius 1 is 1.19 bits per heavy atom. The highest BCUT2D eigenvalue weighted by Gasteiger charge is 2.08. The van der Waals surface area contributed by atoms with Crippen LogP contribution in [0.15, 0.2) is 35.0 Å².